The van der Waals surface area contributed by atoms with E-state index in [0.717, 1.165) is 37.9 Å². The quantitative estimate of drug-likeness (QED) is 0.905. The summed E-state index contributed by atoms with van der Waals surface area (Å²) in [5.74, 6) is 0.837. The molecule has 0 bridgehead atoms. The molecule has 1 aromatic rings. The van der Waals surface area contributed by atoms with E-state index in [9.17, 15) is 13.5 Å². The molecule has 2 saturated heterocycles. The van der Waals surface area contributed by atoms with Gasteiger partial charge in [0, 0.05) is 18.1 Å². The fourth-order valence-electron chi connectivity index (χ4n) is 3.73. The first kappa shape index (κ1) is 15.1. The van der Waals surface area contributed by atoms with Crippen molar-refractivity contribution in [1.82, 2.24) is 4.90 Å². The molecule has 1 spiro atoms. The zero-order valence-electron chi connectivity index (χ0n) is 11.9. The van der Waals surface area contributed by atoms with Gasteiger partial charge in [-0.3, -0.25) is 4.90 Å². The Hall–Kier alpha value is -0.780. The molecule has 0 radical (unpaired) electrons. The van der Waals surface area contributed by atoms with E-state index >= 15 is 0 Å². The van der Waals surface area contributed by atoms with Gasteiger partial charge in [-0.05, 0) is 55.0 Å². The molecule has 1 unspecified atom stereocenters. The number of phenolic OH excluding ortho intramolecular Hbond substituents is 1. The maximum absolute atomic E-state index is 11.8. The predicted molar refractivity (Wildman–Crippen MR) is 83.3 cm³/mol. The molecule has 2 fully saturated rings. The number of sulfone groups is 1. The molecule has 2 heterocycles. The van der Waals surface area contributed by atoms with Gasteiger partial charge >= 0.3 is 0 Å². The van der Waals surface area contributed by atoms with Crippen LogP contribution >= 0.6 is 11.6 Å². The van der Waals surface area contributed by atoms with Gasteiger partial charge in [0.25, 0.3) is 0 Å². The first-order valence-corrected chi connectivity index (χ1v) is 9.47. The van der Waals surface area contributed by atoms with Gasteiger partial charge in [0.1, 0.15) is 5.75 Å². The number of nitrogens with zero attached hydrogens (tertiary/aromatic N) is 1. The number of hydrogen-bond donors (Lipinski definition) is 1. The molecule has 0 aliphatic carbocycles. The highest BCUT2D eigenvalue weighted by Crippen LogP contribution is 2.40. The van der Waals surface area contributed by atoms with E-state index in [0.29, 0.717) is 23.1 Å². The summed E-state index contributed by atoms with van der Waals surface area (Å²) >= 11 is 5.97. The Balaban J connectivity index is 1.72. The van der Waals surface area contributed by atoms with Crippen molar-refractivity contribution in [3.63, 3.8) is 0 Å². The van der Waals surface area contributed by atoms with Crippen LogP contribution in [0.25, 0.3) is 0 Å². The van der Waals surface area contributed by atoms with Crippen molar-refractivity contribution in [2.45, 2.75) is 25.8 Å². The van der Waals surface area contributed by atoms with Gasteiger partial charge in [-0.15, -0.1) is 0 Å². The molecule has 2 aliphatic heterocycles. The van der Waals surface area contributed by atoms with Gasteiger partial charge in [0.05, 0.1) is 11.5 Å². The van der Waals surface area contributed by atoms with E-state index in [1.807, 2.05) is 6.07 Å². The van der Waals surface area contributed by atoms with Gasteiger partial charge in [0.15, 0.2) is 9.84 Å². The average Bonchev–Trinajstić information content (AvgIpc) is 2.63. The van der Waals surface area contributed by atoms with Crippen LogP contribution in [-0.4, -0.2) is 43.0 Å². The molecule has 4 nitrogen and oxygen atoms in total. The number of likely N-dealkylation sites (tertiary alicyclic amines) is 1. The van der Waals surface area contributed by atoms with Gasteiger partial charge in [-0.1, -0.05) is 11.6 Å². The second kappa shape index (κ2) is 5.45. The average molecular weight is 330 g/mol. The largest absolute Gasteiger partial charge is 0.508 e. The van der Waals surface area contributed by atoms with Crippen molar-refractivity contribution in [1.29, 1.82) is 0 Å². The van der Waals surface area contributed by atoms with Crippen molar-refractivity contribution in [3.05, 3.63) is 28.8 Å². The molecule has 0 saturated carbocycles. The first-order chi connectivity index (χ1) is 9.86. The molecule has 2 aliphatic rings. The highest BCUT2D eigenvalue weighted by atomic mass is 35.5. The summed E-state index contributed by atoms with van der Waals surface area (Å²) in [4.78, 5) is 2.29. The van der Waals surface area contributed by atoms with Gasteiger partial charge < -0.3 is 5.11 Å². The standard InChI is InChI=1S/C15H20ClNO3S/c16-13-6-12(7-14(18)8-13)9-17-4-1-2-15(10-17)3-5-21(19,20)11-15/h6-8,18H,1-5,9-11H2. The normalized spacial score (nSPS) is 29.0. The third-order valence-electron chi connectivity index (χ3n) is 4.56. The van der Waals surface area contributed by atoms with Gasteiger partial charge in [-0.25, -0.2) is 8.42 Å². The SMILES string of the molecule is O=S1(=O)CCC2(CCCN(Cc3cc(O)cc(Cl)c3)C2)C1. The maximum Gasteiger partial charge on any atom is 0.150 e. The third-order valence-corrected chi connectivity index (χ3v) is 6.66. The molecule has 3 rings (SSSR count). The third kappa shape index (κ3) is 3.52. The minimum Gasteiger partial charge on any atom is -0.508 e. The highest BCUT2D eigenvalue weighted by molar-refractivity contribution is 7.91. The number of halogens is 1. The first-order valence-electron chi connectivity index (χ1n) is 7.27. The van der Waals surface area contributed by atoms with Gasteiger partial charge in [-0.2, -0.15) is 0 Å². The van der Waals surface area contributed by atoms with Crippen LogP contribution in [-0.2, 0) is 16.4 Å². The number of aromatic hydroxyl groups is 1. The monoisotopic (exact) mass is 329 g/mol. The van der Waals surface area contributed by atoms with E-state index in [-0.39, 0.29) is 11.2 Å². The van der Waals surface area contributed by atoms with E-state index in [2.05, 4.69) is 4.90 Å². The molecular formula is C15H20ClNO3S. The van der Waals surface area contributed by atoms with Crippen molar-refractivity contribution >= 4 is 21.4 Å². The summed E-state index contributed by atoms with van der Waals surface area (Å²) in [6, 6.07) is 5.10. The summed E-state index contributed by atoms with van der Waals surface area (Å²) in [6.45, 7) is 2.49. The lowest BCUT2D eigenvalue weighted by molar-refractivity contribution is 0.102. The van der Waals surface area contributed by atoms with E-state index < -0.39 is 9.84 Å². The molecule has 0 amide bonds. The molecule has 1 aromatic carbocycles. The van der Waals surface area contributed by atoms with Crippen LogP contribution in [0, 0.1) is 5.41 Å². The Morgan fingerprint density at radius 2 is 2.10 bits per heavy atom. The number of piperidine rings is 1. The van der Waals surface area contributed by atoms with Crippen LogP contribution in [0.2, 0.25) is 5.02 Å². The van der Waals surface area contributed by atoms with E-state index in [1.165, 1.54) is 6.07 Å². The second-order valence-corrected chi connectivity index (χ2v) is 9.09. The minimum absolute atomic E-state index is 0.0578. The van der Waals surface area contributed by atoms with E-state index in [1.54, 1.807) is 6.07 Å². The lowest BCUT2D eigenvalue weighted by atomic mass is 9.79. The zero-order chi connectivity index (χ0) is 15.1. The Morgan fingerprint density at radius 1 is 1.29 bits per heavy atom. The van der Waals surface area contributed by atoms with Crippen molar-refractivity contribution < 1.29 is 13.5 Å². The lowest BCUT2D eigenvalue weighted by Crippen LogP contribution is -2.43. The number of benzene rings is 1. The summed E-state index contributed by atoms with van der Waals surface area (Å²) in [7, 11) is -2.85. The molecule has 6 heteroatoms. The van der Waals surface area contributed by atoms with E-state index in [4.69, 9.17) is 11.6 Å². The predicted octanol–water partition coefficient (Wildman–Crippen LogP) is 2.45. The second-order valence-electron chi connectivity index (χ2n) is 6.47. The van der Waals surface area contributed by atoms with Gasteiger partial charge in [0.2, 0.25) is 0 Å². The Morgan fingerprint density at radius 3 is 2.76 bits per heavy atom. The maximum atomic E-state index is 11.8. The summed E-state index contributed by atoms with van der Waals surface area (Å²) < 4.78 is 23.6. The van der Waals surface area contributed by atoms with Crippen molar-refractivity contribution in [2.75, 3.05) is 24.6 Å². The molecule has 1 N–H and O–H groups in total. The smallest absolute Gasteiger partial charge is 0.150 e. The van der Waals surface area contributed by atoms with Crippen LogP contribution in [0.5, 0.6) is 5.75 Å². The molecule has 1 atom stereocenters. The van der Waals surface area contributed by atoms with Crippen LogP contribution in [0.3, 0.4) is 0 Å². The highest BCUT2D eigenvalue weighted by Gasteiger charge is 2.44. The Kier molecular flexibility index (Phi) is 3.93. The molecular weight excluding hydrogens is 310 g/mol. The summed E-state index contributed by atoms with van der Waals surface area (Å²) in [5.41, 5.74) is 0.912. The molecule has 0 aromatic heterocycles. The van der Waals surface area contributed by atoms with Crippen molar-refractivity contribution in [3.8, 4) is 5.75 Å². The number of phenols is 1. The lowest BCUT2D eigenvalue weighted by Gasteiger charge is -2.39. The molecule has 116 valence electrons. The van der Waals surface area contributed by atoms with Crippen LogP contribution in [0.4, 0.5) is 0 Å². The van der Waals surface area contributed by atoms with Crippen molar-refractivity contribution in [2.24, 2.45) is 5.41 Å². The van der Waals surface area contributed by atoms with Crippen LogP contribution in [0.15, 0.2) is 18.2 Å². The molecule has 21 heavy (non-hydrogen) atoms. The fraction of sp³-hybridized carbons (Fsp3) is 0.600. The fourth-order valence-corrected chi connectivity index (χ4v) is 6.19. The minimum atomic E-state index is -2.85. The number of hydrogen-bond acceptors (Lipinski definition) is 4. The summed E-state index contributed by atoms with van der Waals surface area (Å²) in [6.07, 6.45) is 2.82. The topological polar surface area (TPSA) is 57.6 Å². The summed E-state index contributed by atoms with van der Waals surface area (Å²) in [5, 5.41) is 10.1. The van der Waals surface area contributed by atoms with Crippen LogP contribution in [0.1, 0.15) is 24.8 Å². The Bertz CT molecular complexity index is 626. The zero-order valence-corrected chi connectivity index (χ0v) is 13.5. The Labute approximate surface area is 130 Å². The van der Waals surface area contributed by atoms with Crippen LogP contribution < -0.4 is 0 Å². The number of rotatable bonds is 2.